The van der Waals surface area contributed by atoms with Crippen molar-refractivity contribution in [1.29, 1.82) is 0 Å². The normalized spacial score (nSPS) is 17.5. The molecule has 2 unspecified atom stereocenters. The van der Waals surface area contributed by atoms with Crippen molar-refractivity contribution < 1.29 is 9.59 Å². The number of amides is 2. The predicted molar refractivity (Wildman–Crippen MR) is 116 cm³/mol. The topological polar surface area (TPSA) is 65.5 Å². The molecule has 1 saturated carbocycles. The van der Waals surface area contributed by atoms with E-state index < -0.39 is 0 Å². The van der Waals surface area contributed by atoms with E-state index in [9.17, 15) is 9.59 Å². The molecule has 2 atom stereocenters. The SMILES string of the molecule is CCN(CC)c1ccc(NC(=O)C2CC2C(=O)N(C)CCc2ccncc2)cc1. The molecule has 154 valence electrons. The Hall–Kier alpha value is -2.89. The molecule has 1 N–H and O–H groups in total. The first-order valence-corrected chi connectivity index (χ1v) is 10.3. The Balaban J connectivity index is 1.47. The second-order valence-corrected chi connectivity index (χ2v) is 7.52. The van der Waals surface area contributed by atoms with E-state index in [1.807, 2.05) is 43.4 Å². The van der Waals surface area contributed by atoms with Crippen LogP contribution in [0.15, 0.2) is 48.8 Å². The second kappa shape index (κ2) is 9.54. The van der Waals surface area contributed by atoms with Crippen LogP contribution in [0.25, 0.3) is 0 Å². The monoisotopic (exact) mass is 394 g/mol. The van der Waals surface area contributed by atoms with Gasteiger partial charge in [0.15, 0.2) is 0 Å². The quantitative estimate of drug-likeness (QED) is 0.709. The molecular weight excluding hydrogens is 364 g/mol. The number of nitrogens with zero attached hydrogens (tertiary/aromatic N) is 3. The van der Waals surface area contributed by atoms with Gasteiger partial charge in [0.2, 0.25) is 11.8 Å². The summed E-state index contributed by atoms with van der Waals surface area (Å²) in [6.07, 6.45) is 4.93. The van der Waals surface area contributed by atoms with E-state index in [2.05, 4.69) is 29.0 Å². The number of nitrogens with one attached hydrogen (secondary N) is 1. The highest BCUT2D eigenvalue weighted by Gasteiger charge is 2.48. The number of aromatic nitrogens is 1. The van der Waals surface area contributed by atoms with E-state index in [1.165, 1.54) is 0 Å². The number of likely N-dealkylation sites (N-methyl/N-ethyl adjacent to an activating group) is 1. The lowest BCUT2D eigenvalue weighted by Gasteiger charge is -2.21. The van der Waals surface area contributed by atoms with Crippen LogP contribution in [0.2, 0.25) is 0 Å². The zero-order valence-electron chi connectivity index (χ0n) is 17.5. The Bertz CT molecular complexity index is 819. The lowest BCUT2D eigenvalue weighted by atomic mass is 10.2. The molecule has 1 aromatic carbocycles. The number of hydrogen-bond donors (Lipinski definition) is 1. The number of anilines is 2. The molecule has 1 aliphatic rings. The summed E-state index contributed by atoms with van der Waals surface area (Å²) in [6.45, 7) is 6.78. The van der Waals surface area contributed by atoms with Crippen molar-refractivity contribution in [2.24, 2.45) is 11.8 Å². The summed E-state index contributed by atoms with van der Waals surface area (Å²) >= 11 is 0. The summed E-state index contributed by atoms with van der Waals surface area (Å²) in [4.78, 5) is 33.1. The highest BCUT2D eigenvalue weighted by atomic mass is 16.2. The number of benzene rings is 1. The lowest BCUT2D eigenvalue weighted by Crippen LogP contribution is -2.31. The van der Waals surface area contributed by atoms with Gasteiger partial charge in [-0.1, -0.05) is 0 Å². The number of hydrogen-bond acceptors (Lipinski definition) is 4. The summed E-state index contributed by atoms with van der Waals surface area (Å²) in [6, 6.07) is 11.8. The standard InChI is InChI=1S/C23H30N4O2/c1-4-27(5-2)19-8-6-18(7-9-19)25-22(28)20-16-21(20)23(29)26(3)15-12-17-10-13-24-14-11-17/h6-11,13-14,20-21H,4-5,12,15-16H2,1-3H3,(H,25,28). The number of carbonyl (C=O) groups is 2. The smallest absolute Gasteiger partial charge is 0.228 e. The molecular formula is C23H30N4O2. The molecule has 0 aliphatic heterocycles. The van der Waals surface area contributed by atoms with Gasteiger partial charge in [0.05, 0.1) is 11.8 Å². The van der Waals surface area contributed by atoms with E-state index in [4.69, 9.17) is 0 Å². The van der Waals surface area contributed by atoms with E-state index in [-0.39, 0.29) is 23.7 Å². The Morgan fingerprint density at radius 3 is 2.31 bits per heavy atom. The highest BCUT2D eigenvalue weighted by molar-refractivity contribution is 5.99. The van der Waals surface area contributed by atoms with Crippen LogP contribution < -0.4 is 10.2 Å². The molecule has 0 spiro atoms. The van der Waals surface area contributed by atoms with Crippen molar-refractivity contribution in [3.63, 3.8) is 0 Å². The van der Waals surface area contributed by atoms with Gasteiger partial charge in [-0.15, -0.1) is 0 Å². The van der Waals surface area contributed by atoms with Crippen LogP contribution in [-0.4, -0.2) is 48.4 Å². The zero-order valence-corrected chi connectivity index (χ0v) is 17.5. The third-order valence-electron chi connectivity index (χ3n) is 5.57. The van der Waals surface area contributed by atoms with Gasteiger partial charge in [-0.05, 0) is 68.7 Å². The van der Waals surface area contributed by atoms with Gasteiger partial charge >= 0.3 is 0 Å². The van der Waals surface area contributed by atoms with Gasteiger partial charge in [0.25, 0.3) is 0 Å². The van der Waals surface area contributed by atoms with E-state index >= 15 is 0 Å². The molecule has 1 fully saturated rings. The molecule has 29 heavy (non-hydrogen) atoms. The third kappa shape index (κ3) is 5.34. The zero-order chi connectivity index (χ0) is 20.8. The number of pyridine rings is 1. The third-order valence-corrected chi connectivity index (χ3v) is 5.57. The maximum absolute atomic E-state index is 12.6. The Morgan fingerprint density at radius 2 is 1.69 bits per heavy atom. The molecule has 1 heterocycles. The lowest BCUT2D eigenvalue weighted by molar-refractivity contribution is -0.132. The van der Waals surface area contributed by atoms with Gasteiger partial charge in [-0.3, -0.25) is 14.6 Å². The van der Waals surface area contributed by atoms with Crippen LogP contribution in [0.5, 0.6) is 0 Å². The fourth-order valence-electron chi connectivity index (χ4n) is 3.58. The van der Waals surface area contributed by atoms with Crippen LogP contribution in [0, 0.1) is 11.8 Å². The summed E-state index contributed by atoms with van der Waals surface area (Å²) < 4.78 is 0. The van der Waals surface area contributed by atoms with E-state index in [1.54, 1.807) is 17.3 Å². The highest BCUT2D eigenvalue weighted by Crippen LogP contribution is 2.40. The van der Waals surface area contributed by atoms with Crippen molar-refractivity contribution in [1.82, 2.24) is 9.88 Å². The Morgan fingerprint density at radius 1 is 1.03 bits per heavy atom. The molecule has 3 rings (SSSR count). The maximum atomic E-state index is 12.6. The summed E-state index contributed by atoms with van der Waals surface area (Å²) in [5.74, 6) is -0.446. The first kappa shape index (κ1) is 20.8. The molecule has 2 amide bonds. The summed E-state index contributed by atoms with van der Waals surface area (Å²) in [7, 11) is 1.81. The second-order valence-electron chi connectivity index (χ2n) is 7.52. The molecule has 0 radical (unpaired) electrons. The first-order chi connectivity index (χ1) is 14.0. The van der Waals surface area contributed by atoms with Crippen molar-refractivity contribution in [3.05, 3.63) is 54.4 Å². The van der Waals surface area contributed by atoms with Crippen molar-refractivity contribution in [3.8, 4) is 0 Å². The van der Waals surface area contributed by atoms with Crippen LogP contribution in [0.1, 0.15) is 25.8 Å². The van der Waals surface area contributed by atoms with Gasteiger partial charge in [-0.25, -0.2) is 0 Å². The van der Waals surface area contributed by atoms with Gasteiger partial charge in [0.1, 0.15) is 0 Å². The molecule has 6 nitrogen and oxygen atoms in total. The van der Waals surface area contributed by atoms with Crippen molar-refractivity contribution in [2.45, 2.75) is 26.7 Å². The summed E-state index contributed by atoms with van der Waals surface area (Å²) in [5.41, 5.74) is 3.07. The fourth-order valence-corrected chi connectivity index (χ4v) is 3.58. The largest absolute Gasteiger partial charge is 0.372 e. The fraction of sp³-hybridized carbons (Fsp3) is 0.435. The van der Waals surface area contributed by atoms with Gasteiger partial charge in [0, 0.05) is 50.5 Å². The predicted octanol–water partition coefficient (Wildman–Crippen LogP) is 3.20. The average molecular weight is 395 g/mol. The van der Waals surface area contributed by atoms with Gasteiger partial charge in [-0.2, -0.15) is 0 Å². The van der Waals surface area contributed by atoms with Gasteiger partial charge < -0.3 is 15.1 Å². The van der Waals surface area contributed by atoms with Crippen LogP contribution >= 0.6 is 0 Å². The van der Waals surface area contributed by atoms with Crippen LogP contribution in [0.3, 0.4) is 0 Å². The molecule has 1 aromatic heterocycles. The van der Waals surface area contributed by atoms with E-state index in [0.717, 1.165) is 36.4 Å². The molecule has 0 bridgehead atoms. The van der Waals surface area contributed by atoms with E-state index in [0.29, 0.717) is 13.0 Å². The summed E-state index contributed by atoms with van der Waals surface area (Å²) in [5, 5.41) is 2.95. The average Bonchev–Trinajstić information content (AvgIpc) is 3.55. The first-order valence-electron chi connectivity index (χ1n) is 10.3. The molecule has 6 heteroatoms. The van der Waals surface area contributed by atoms with Crippen molar-refractivity contribution in [2.75, 3.05) is 36.9 Å². The number of carbonyl (C=O) groups excluding carboxylic acids is 2. The molecule has 0 saturated heterocycles. The Kier molecular flexibility index (Phi) is 6.86. The maximum Gasteiger partial charge on any atom is 0.228 e. The minimum absolute atomic E-state index is 0.0519. The molecule has 1 aliphatic carbocycles. The van der Waals surface area contributed by atoms with Crippen LogP contribution in [0.4, 0.5) is 11.4 Å². The number of rotatable bonds is 9. The minimum atomic E-state index is -0.228. The molecule has 2 aromatic rings. The Labute approximate surface area is 172 Å². The van der Waals surface area contributed by atoms with Crippen LogP contribution in [-0.2, 0) is 16.0 Å². The minimum Gasteiger partial charge on any atom is -0.372 e. The van der Waals surface area contributed by atoms with Crippen molar-refractivity contribution >= 4 is 23.2 Å².